The summed E-state index contributed by atoms with van der Waals surface area (Å²) in [6.07, 6.45) is 4.52. The zero-order valence-corrected chi connectivity index (χ0v) is 8.24. The first-order valence-corrected chi connectivity index (χ1v) is 5.42. The minimum absolute atomic E-state index is 0.381. The van der Waals surface area contributed by atoms with Crippen molar-refractivity contribution in [2.24, 2.45) is 0 Å². The van der Waals surface area contributed by atoms with Crippen LogP contribution in [0.3, 0.4) is 0 Å². The Hall–Kier alpha value is -0.120. The molecule has 3 nitrogen and oxygen atoms in total. The molecule has 2 fully saturated rings. The van der Waals surface area contributed by atoms with Crippen LogP contribution in [0.5, 0.6) is 0 Å². The highest BCUT2D eigenvalue weighted by molar-refractivity contribution is 4.73. The minimum atomic E-state index is 0.381. The number of rotatable bonds is 2. The molecule has 1 radical (unpaired) electrons. The Bertz CT molecular complexity index is 124. The molecule has 0 N–H and O–H groups in total. The lowest BCUT2D eigenvalue weighted by atomic mass is 10.1. The number of hydrogen-bond donors (Lipinski definition) is 0. The van der Waals surface area contributed by atoms with E-state index in [1.807, 2.05) is 0 Å². The number of nitrogens with zero attached hydrogens (tertiary/aromatic N) is 2. The van der Waals surface area contributed by atoms with Crippen molar-refractivity contribution in [2.45, 2.75) is 25.4 Å². The van der Waals surface area contributed by atoms with Gasteiger partial charge in [-0.2, -0.15) is 0 Å². The van der Waals surface area contributed by atoms with E-state index >= 15 is 0 Å². The average Bonchev–Trinajstić information content (AvgIpc) is 2.21. The van der Waals surface area contributed by atoms with E-state index in [9.17, 15) is 0 Å². The molecule has 13 heavy (non-hydrogen) atoms. The summed E-state index contributed by atoms with van der Waals surface area (Å²) in [5, 5.41) is 4.37. The lowest BCUT2D eigenvalue weighted by Gasteiger charge is -2.31. The molecule has 2 heterocycles. The van der Waals surface area contributed by atoms with Gasteiger partial charge in [0.15, 0.2) is 0 Å². The van der Waals surface area contributed by atoms with Crippen LogP contribution in [-0.2, 0) is 4.74 Å². The second-order valence-corrected chi connectivity index (χ2v) is 3.98. The zero-order chi connectivity index (χ0) is 8.93. The lowest BCUT2D eigenvalue weighted by Crippen LogP contribution is -2.44. The fourth-order valence-corrected chi connectivity index (χ4v) is 2.11. The van der Waals surface area contributed by atoms with Gasteiger partial charge in [0.25, 0.3) is 0 Å². The van der Waals surface area contributed by atoms with E-state index in [1.165, 1.54) is 32.4 Å². The Kier molecular flexibility index (Phi) is 3.58. The second-order valence-electron chi connectivity index (χ2n) is 3.98. The highest BCUT2D eigenvalue weighted by Gasteiger charge is 2.19. The van der Waals surface area contributed by atoms with Crippen molar-refractivity contribution in [3.05, 3.63) is 0 Å². The van der Waals surface area contributed by atoms with Gasteiger partial charge in [-0.1, -0.05) is 6.42 Å². The first kappa shape index (κ1) is 9.44. The van der Waals surface area contributed by atoms with Crippen LogP contribution >= 0.6 is 0 Å². The quantitative estimate of drug-likeness (QED) is 0.622. The third-order valence-electron chi connectivity index (χ3n) is 2.85. The van der Waals surface area contributed by atoms with Gasteiger partial charge in [0.05, 0.1) is 12.7 Å². The molecule has 2 aliphatic rings. The van der Waals surface area contributed by atoms with Crippen LogP contribution < -0.4 is 5.32 Å². The van der Waals surface area contributed by atoms with Crippen LogP contribution in [0.1, 0.15) is 19.3 Å². The van der Waals surface area contributed by atoms with E-state index in [-0.39, 0.29) is 0 Å². The molecule has 0 aromatic carbocycles. The molecule has 0 amide bonds. The predicted molar refractivity (Wildman–Crippen MR) is 51.9 cm³/mol. The monoisotopic (exact) mass is 183 g/mol. The van der Waals surface area contributed by atoms with Crippen molar-refractivity contribution < 1.29 is 4.74 Å². The summed E-state index contributed by atoms with van der Waals surface area (Å²) in [7, 11) is 0. The SMILES string of the molecule is C1CCN(CC2C[N]CCO2)CC1. The van der Waals surface area contributed by atoms with Gasteiger partial charge in [-0.25, -0.2) is 5.32 Å². The first-order chi connectivity index (χ1) is 6.45. The number of ether oxygens (including phenoxy) is 1. The number of piperidine rings is 1. The summed E-state index contributed by atoms with van der Waals surface area (Å²) in [6, 6.07) is 0. The molecule has 2 saturated heterocycles. The Morgan fingerprint density at radius 3 is 2.77 bits per heavy atom. The molecule has 2 aliphatic heterocycles. The summed E-state index contributed by atoms with van der Waals surface area (Å²) >= 11 is 0. The maximum absolute atomic E-state index is 5.65. The van der Waals surface area contributed by atoms with Crippen LogP contribution in [0, 0.1) is 0 Å². The summed E-state index contributed by atoms with van der Waals surface area (Å²) in [4.78, 5) is 2.52. The number of hydrogen-bond acceptors (Lipinski definition) is 2. The van der Waals surface area contributed by atoms with Gasteiger partial charge in [0.1, 0.15) is 0 Å². The Morgan fingerprint density at radius 1 is 1.23 bits per heavy atom. The van der Waals surface area contributed by atoms with E-state index in [0.29, 0.717) is 6.10 Å². The van der Waals surface area contributed by atoms with Crippen molar-refractivity contribution in [3.8, 4) is 0 Å². The van der Waals surface area contributed by atoms with E-state index in [0.717, 1.165) is 26.2 Å². The fraction of sp³-hybridized carbons (Fsp3) is 1.00. The fourth-order valence-electron chi connectivity index (χ4n) is 2.11. The topological polar surface area (TPSA) is 26.6 Å². The maximum atomic E-state index is 5.65. The molecule has 0 spiro atoms. The van der Waals surface area contributed by atoms with Crippen molar-refractivity contribution in [3.63, 3.8) is 0 Å². The summed E-state index contributed by atoms with van der Waals surface area (Å²) in [5.41, 5.74) is 0. The zero-order valence-electron chi connectivity index (χ0n) is 8.24. The van der Waals surface area contributed by atoms with Gasteiger partial charge >= 0.3 is 0 Å². The molecule has 1 unspecified atom stereocenters. The lowest BCUT2D eigenvalue weighted by molar-refractivity contribution is 0.00102. The molecule has 0 aromatic heterocycles. The van der Waals surface area contributed by atoms with E-state index in [1.54, 1.807) is 0 Å². The van der Waals surface area contributed by atoms with Crippen LogP contribution in [0.4, 0.5) is 0 Å². The van der Waals surface area contributed by atoms with Crippen LogP contribution in [0.15, 0.2) is 0 Å². The van der Waals surface area contributed by atoms with Crippen molar-refractivity contribution >= 4 is 0 Å². The molecular weight excluding hydrogens is 164 g/mol. The van der Waals surface area contributed by atoms with E-state index < -0.39 is 0 Å². The maximum Gasteiger partial charge on any atom is 0.0843 e. The molecule has 0 aliphatic carbocycles. The largest absolute Gasteiger partial charge is 0.374 e. The standard InChI is InChI=1S/C10H19N2O/c1-2-5-12(6-3-1)9-10-8-11-4-7-13-10/h10H,1-9H2. The number of morpholine rings is 1. The third-order valence-corrected chi connectivity index (χ3v) is 2.85. The van der Waals surface area contributed by atoms with Crippen molar-refractivity contribution in [1.82, 2.24) is 10.2 Å². The summed E-state index contributed by atoms with van der Waals surface area (Å²) in [6.45, 7) is 6.27. The molecule has 2 rings (SSSR count). The Balaban J connectivity index is 1.69. The Morgan fingerprint density at radius 2 is 2.08 bits per heavy atom. The van der Waals surface area contributed by atoms with Gasteiger partial charge in [-0.3, -0.25) is 0 Å². The van der Waals surface area contributed by atoms with Crippen molar-refractivity contribution in [1.29, 1.82) is 0 Å². The molecule has 0 bridgehead atoms. The van der Waals surface area contributed by atoms with E-state index in [2.05, 4.69) is 10.2 Å². The Labute approximate surface area is 80.4 Å². The summed E-state index contributed by atoms with van der Waals surface area (Å²) in [5.74, 6) is 0. The first-order valence-electron chi connectivity index (χ1n) is 5.42. The summed E-state index contributed by atoms with van der Waals surface area (Å²) < 4.78 is 5.65. The molecular formula is C10H19N2O. The average molecular weight is 183 g/mol. The molecule has 0 aromatic rings. The van der Waals surface area contributed by atoms with Crippen molar-refractivity contribution in [2.75, 3.05) is 39.3 Å². The molecule has 75 valence electrons. The smallest absolute Gasteiger partial charge is 0.0843 e. The van der Waals surface area contributed by atoms with Crippen LogP contribution in [-0.4, -0.2) is 50.3 Å². The van der Waals surface area contributed by atoms with Gasteiger partial charge < -0.3 is 9.64 Å². The van der Waals surface area contributed by atoms with Gasteiger partial charge in [-0.05, 0) is 25.9 Å². The second kappa shape index (κ2) is 4.94. The van der Waals surface area contributed by atoms with Crippen LogP contribution in [0.2, 0.25) is 0 Å². The number of likely N-dealkylation sites (tertiary alicyclic amines) is 1. The highest BCUT2D eigenvalue weighted by Crippen LogP contribution is 2.10. The predicted octanol–water partition coefficient (Wildman–Crippen LogP) is 0.476. The molecule has 0 saturated carbocycles. The minimum Gasteiger partial charge on any atom is -0.374 e. The molecule has 3 heteroatoms. The highest BCUT2D eigenvalue weighted by atomic mass is 16.5. The van der Waals surface area contributed by atoms with Crippen LogP contribution in [0.25, 0.3) is 0 Å². The third kappa shape index (κ3) is 2.93. The van der Waals surface area contributed by atoms with Gasteiger partial charge in [0, 0.05) is 19.6 Å². The molecule has 1 atom stereocenters. The van der Waals surface area contributed by atoms with Gasteiger partial charge in [0.2, 0.25) is 0 Å². The van der Waals surface area contributed by atoms with E-state index in [4.69, 9.17) is 4.74 Å². The normalized spacial score (nSPS) is 31.8. The van der Waals surface area contributed by atoms with Gasteiger partial charge in [-0.15, -0.1) is 0 Å².